The van der Waals surface area contributed by atoms with Crippen molar-refractivity contribution in [2.24, 2.45) is 44.7 Å². The van der Waals surface area contributed by atoms with Gasteiger partial charge in [0.1, 0.15) is 0 Å². The Morgan fingerprint density at radius 3 is 2.62 bits per heavy atom. The molecular weight excluding hydrogens is 468 g/mol. The average Bonchev–Trinajstić information content (AvgIpc) is 3.47. The van der Waals surface area contributed by atoms with E-state index in [0.29, 0.717) is 25.3 Å². The predicted molar refractivity (Wildman–Crippen MR) is 140 cm³/mol. The van der Waals surface area contributed by atoms with E-state index in [1.54, 1.807) is 7.05 Å². The molecule has 0 aromatic heterocycles. The minimum Gasteiger partial charge on any atom is -0.478 e. The molecule has 8 nitrogen and oxygen atoms in total. The van der Waals surface area contributed by atoms with E-state index in [4.69, 9.17) is 5.73 Å². The van der Waals surface area contributed by atoms with Crippen molar-refractivity contribution in [2.75, 3.05) is 27.2 Å². The summed E-state index contributed by atoms with van der Waals surface area (Å²) in [6.07, 6.45) is 13.7. The van der Waals surface area contributed by atoms with E-state index in [1.165, 1.54) is 0 Å². The number of carboxylic acids is 1. The maximum atomic E-state index is 14.1. The van der Waals surface area contributed by atoms with Gasteiger partial charge in [-0.15, -0.1) is 0 Å². The number of nitrogens with two attached hydrogens (primary N) is 1. The van der Waals surface area contributed by atoms with Crippen LogP contribution in [0.15, 0.2) is 28.4 Å². The summed E-state index contributed by atoms with van der Waals surface area (Å²) < 4.78 is 0. The van der Waals surface area contributed by atoms with Gasteiger partial charge in [0.2, 0.25) is 0 Å². The molecule has 1 heterocycles. The van der Waals surface area contributed by atoms with Crippen molar-refractivity contribution in [2.45, 2.75) is 76.2 Å². The van der Waals surface area contributed by atoms with Gasteiger partial charge in [-0.25, -0.2) is 4.79 Å². The number of Topliss-reactive ketones (excluding diaryl/α,β-unsaturated/α-hetero) is 1. The van der Waals surface area contributed by atoms with E-state index in [1.807, 2.05) is 18.1 Å². The third kappa shape index (κ3) is 3.11. The van der Waals surface area contributed by atoms with Crippen molar-refractivity contribution >= 4 is 17.7 Å². The number of hydrogen-bond acceptors (Lipinski definition) is 5. The molecule has 6 rings (SSSR count). The van der Waals surface area contributed by atoms with Crippen molar-refractivity contribution in [3.05, 3.63) is 23.4 Å². The number of guanidine groups is 1. The lowest BCUT2D eigenvalue weighted by atomic mass is 9.45. The number of nitrogens with one attached hydrogen (secondary N) is 1. The Bertz CT molecular complexity index is 1110. The van der Waals surface area contributed by atoms with Crippen LogP contribution < -0.4 is 11.1 Å². The number of carboxylic acid groups (broad SMARTS) is 1. The summed E-state index contributed by atoms with van der Waals surface area (Å²) in [6, 6.07) is 0. The van der Waals surface area contributed by atoms with Gasteiger partial charge in [-0.2, -0.15) is 0 Å². The second-order valence-corrected chi connectivity index (χ2v) is 12.9. The zero-order valence-corrected chi connectivity index (χ0v) is 22.3. The first-order valence-electron chi connectivity index (χ1n) is 14.2. The number of nitrogens with zero attached hydrogens (tertiary/aromatic N) is 2. The standard InChI is InChI=1S/C29H42N4O4/c1-31-15-20-8-12-33(25(30)32-2)17-28(20)19-6-5-18-7-11-26(9-3-4-10-26)14-22(34)29(37)16-27(18,28)21(13-19)23(29)24(35)36/h8,12,18-20,31,37H,3-7,9-11,13-17H2,1-2H3,(H2,30,32)(H,35,36). The molecule has 5 aliphatic carbocycles. The van der Waals surface area contributed by atoms with Gasteiger partial charge in [0.15, 0.2) is 17.3 Å². The summed E-state index contributed by atoms with van der Waals surface area (Å²) in [6.45, 7) is 1.39. The largest absolute Gasteiger partial charge is 0.478 e. The minimum absolute atomic E-state index is 0.0164. The molecule has 3 spiro atoms. The highest BCUT2D eigenvalue weighted by molar-refractivity contribution is 6.04. The summed E-state index contributed by atoms with van der Waals surface area (Å²) in [5.41, 5.74) is 4.35. The SMILES string of the molecule is CN=C(N)N1C=CC(CNC)C2(C1)C1CCC3CCC4(CCCC4)CC(=O)C4(O)CC32C(=C4C(=O)O)C1. The van der Waals surface area contributed by atoms with Crippen LogP contribution in [0.5, 0.6) is 0 Å². The Hall–Kier alpha value is -2.19. The van der Waals surface area contributed by atoms with Gasteiger partial charge in [0.05, 0.1) is 5.57 Å². The van der Waals surface area contributed by atoms with Crippen LogP contribution in [0.2, 0.25) is 0 Å². The molecule has 6 aliphatic rings. The number of fused-ring (bicyclic) bond motifs is 1. The monoisotopic (exact) mass is 510 g/mol. The van der Waals surface area contributed by atoms with Gasteiger partial charge in [0.25, 0.3) is 0 Å². The lowest BCUT2D eigenvalue weighted by Crippen LogP contribution is -2.63. The molecule has 37 heavy (non-hydrogen) atoms. The van der Waals surface area contributed by atoms with Crippen LogP contribution in [-0.4, -0.2) is 65.6 Å². The van der Waals surface area contributed by atoms with E-state index in [2.05, 4.69) is 16.4 Å². The first-order chi connectivity index (χ1) is 17.7. The number of carbonyl (C=O) groups is 2. The second kappa shape index (κ2) is 8.40. The Labute approximate surface area is 219 Å². The zero-order valence-electron chi connectivity index (χ0n) is 22.3. The van der Waals surface area contributed by atoms with Crippen molar-refractivity contribution < 1.29 is 19.8 Å². The van der Waals surface area contributed by atoms with Gasteiger partial charge in [-0.3, -0.25) is 9.79 Å². The summed E-state index contributed by atoms with van der Waals surface area (Å²) in [7, 11) is 3.65. The predicted octanol–water partition coefficient (Wildman–Crippen LogP) is 2.83. The Morgan fingerprint density at radius 2 is 1.95 bits per heavy atom. The van der Waals surface area contributed by atoms with Gasteiger partial charge in [-0.1, -0.05) is 18.9 Å². The number of hydrogen-bond donors (Lipinski definition) is 4. The number of rotatable bonds is 3. The number of ketones is 1. The Kier molecular flexibility index (Phi) is 5.70. The van der Waals surface area contributed by atoms with E-state index < -0.39 is 17.0 Å². The van der Waals surface area contributed by atoms with Crippen LogP contribution in [-0.2, 0) is 9.59 Å². The topological polar surface area (TPSA) is 128 Å². The summed E-state index contributed by atoms with van der Waals surface area (Å²) in [4.78, 5) is 33.3. The second-order valence-electron chi connectivity index (χ2n) is 12.9. The molecule has 8 heteroatoms. The maximum absolute atomic E-state index is 14.1. The van der Waals surface area contributed by atoms with Crippen LogP contribution in [0.1, 0.15) is 70.6 Å². The highest BCUT2D eigenvalue weighted by Crippen LogP contribution is 2.78. The first-order valence-corrected chi connectivity index (χ1v) is 14.2. The molecule has 0 radical (unpaired) electrons. The first kappa shape index (κ1) is 25.1. The summed E-state index contributed by atoms with van der Waals surface area (Å²) in [5.74, 6) is -0.293. The fourth-order valence-electron chi connectivity index (χ4n) is 10.4. The van der Waals surface area contributed by atoms with Crippen LogP contribution in [0.3, 0.4) is 0 Å². The number of aliphatic imine (C=N–C) groups is 1. The molecular formula is C29H42N4O4. The number of allylic oxidation sites excluding steroid dienone is 1. The van der Waals surface area contributed by atoms with E-state index >= 15 is 0 Å². The number of carbonyl (C=O) groups excluding carboxylic acids is 1. The fourth-order valence-corrected chi connectivity index (χ4v) is 10.4. The van der Waals surface area contributed by atoms with Crippen molar-refractivity contribution in [3.63, 3.8) is 0 Å². The average molecular weight is 511 g/mol. The molecule has 3 bridgehead atoms. The molecule has 202 valence electrons. The van der Waals surface area contributed by atoms with Crippen LogP contribution in [0.4, 0.5) is 0 Å². The lowest BCUT2D eigenvalue weighted by molar-refractivity contribution is -0.149. The smallest absolute Gasteiger partial charge is 0.334 e. The maximum Gasteiger partial charge on any atom is 0.334 e. The number of aliphatic carboxylic acids is 1. The molecule has 4 saturated carbocycles. The third-order valence-corrected chi connectivity index (χ3v) is 11.8. The van der Waals surface area contributed by atoms with Gasteiger partial charge in [-0.05, 0) is 87.2 Å². The molecule has 4 fully saturated rings. The van der Waals surface area contributed by atoms with Crippen molar-refractivity contribution in [1.82, 2.24) is 10.2 Å². The Balaban J connectivity index is 1.60. The van der Waals surface area contributed by atoms with Crippen LogP contribution in [0.25, 0.3) is 0 Å². The van der Waals surface area contributed by atoms with Crippen LogP contribution >= 0.6 is 0 Å². The normalized spacial score (nSPS) is 42.5. The summed E-state index contributed by atoms with van der Waals surface area (Å²) in [5, 5.41) is 26.3. The summed E-state index contributed by atoms with van der Waals surface area (Å²) >= 11 is 0. The fraction of sp³-hybridized carbons (Fsp3) is 0.759. The molecule has 0 aromatic carbocycles. The molecule has 0 amide bonds. The molecule has 0 saturated heterocycles. The molecule has 6 atom stereocenters. The highest BCUT2D eigenvalue weighted by Gasteiger charge is 2.76. The van der Waals surface area contributed by atoms with Gasteiger partial charge in [0, 0.05) is 43.6 Å². The molecule has 0 aromatic rings. The highest BCUT2D eigenvalue weighted by atomic mass is 16.4. The lowest BCUT2D eigenvalue weighted by Gasteiger charge is -2.61. The van der Waals surface area contributed by atoms with Crippen molar-refractivity contribution in [3.8, 4) is 0 Å². The van der Waals surface area contributed by atoms with Crippen molar-refractivity contribution in [1.29, 1.82) is 0 Å². The molecule has 6 unspecified atom stereocenters. The van der Waals surface area contributed by atoms with E-state index in [9.17, 15) is 19.8 Å². The molecule has 5 N–H and O–H groups in total. The molecule has 1 aliphatic heterocycles. The Morgan fingerprint density at radius 1 is 1.22 bits per heavy atom. The third-order valence-electron chi connectivity index (χ3n) is 11.8. The minimum atomic E-state index is -1.92. The number of aliphatic hydroxyl groups is 1. The van der Waals surface area contributed by atoms with E-state index in [0.717, 1.165) is 63.5 Å². The zero-order chi connectivity index (χ0) is 26.2. The van der Waals surface area contributed by atoms with Crippen LogP contribution in [0, 0.1) is 34.0 Å². The van der Waals surface area contributed by atoms with Gasteiger partial charge >= 0.3 is 5.97 Å². The van der Waals surface area contributed by atoms with E-state index in [-0.39, 0.29) is 46.4 Å². The van der Waals surface area contributed by atoms with Gasteiger partial charge < -0.3 is 26.2 Å². The quantitative estimate of drug-likeness (QED) is 0.339.